The molecule has 2 rings (SSSR count). The number of nitrogens with zero attached hydrogens (tertiary/aromatic N) is 1. The van der Waals surface area contributed by atoms with Crippen LogP contribution in [0, 0.1) is 0 Å². The molecule has 4 nitrogen and oxygen atoms in total. The van der Waals surface area contributed by atoms with Crippen molar-refractivity contribution in [1.82, 2.24) is 4.98 Å². The number of hydrogen-bond acceptors (Lipinski definition) is 3. The van der Waals surface area contributed by atoms with Crippen molar-refractivity contribution >= 4 is 17.6 Å². The zero-order valence-corrected chi connectivity index (χ0v) is 12.8. The summed E-state index contributed by atoms with van der Waals surface area (Å²) in [5.41, 5.74) is 1.23. The number of carboxylic acid groups (broad SMARTS) is 1. The molecule has 1 aromatic carbocycles. The average Bonchev–Trinajstić information content (AvgIpc) is 2.40. The minimum atomic E-state index is -1.03. The topological polar surface area (TPSA) is 59.4 Å². The summed E-state index contributed by atoms with van der Waals surface area (Å²) in [6, 6.07) is 8.02. The molecule has 0 aliphatic carbocycles. The fourth-order valence-corrected chi connectivity index (χ4v) is 1.93. The van der Waals surface area contributed by atoms with Crippen LogP contribution in [-0.2, 0) is 5.41 Å². The molecule has 0 radical (unpaired) electrons. The van der Waals surface area contributed by atoms with Gasteiger partial charge in [-0.25, -0.2) is 9.78 Å². The molecule has 0 bridgehead atoms. The summed E-state index contributed by atoms with van der Waals surface area (Å²) in [5.74, 6) is -0.248. The molecule has 21 heavy (non-hydrogen) atoms. The van der Waals surface area contributed by atoms with Crippen molar-refractivity contribution in [3.8, 4) is 11.6 Å². The largest absolute Gasteiger partial charge is 0.478 e. The van der Waals surface area contributed by atoms with Crippen molar-refractivity contribution in [2.45, 2.75) is 26.2 Å². The van der Waals surface area contributed by atoms with Gasteiger partial charge in [-0.1, -0.05) is 38.4 Å². The third kappa shape index (κ3) is 3.73. The van der Waals surface area contributed by atoms with Gasteiger partial charge in [-0.2, -0.15) is 0 Å². The number of carbonyl (C=O) groups is 1. The number of ether oxygens (including phenoxy) is 1. The summed E-state index contributed by atoms with van der Waals surface area (Å²) in [7, 11) is 0. The van der Waals surface area contributed by atoms with E-state index in [0.717, 1.165) is 5.56 Å². The lowest BCUT2D eigenvalue weighted by molar-refractivity contribution is 0.0697. The van der Waals surface area contributed by atoms with E-state index in [-0.39, 0.29) is 16.0 Å². The zero-order chi connectivity index (χ0) is 15.6. The summed E-state index contributed by atoms with van der Waals surface area (Å²) in [4.78, 5) is 15.1. The van der Waals surface area contributed by atoms with Crippen LogP contribution in [0.3, 0.4) is 0 Å². The Kier molecular flexibility index (Phi) is 4.19. The number of aromatic nitrogens is 1. The van der Waals surface area contributed by atoms with Gasteiger partial charge >= 0.3 is 5.97 Å². The Labute approximate surface area is 128 Å². The van der Waals surface area contributed by atoms with Gasteiger partial charge in [-0.3, -0.25) is 0 Å². The minimum Gasteiger partial charge on any atom is -0.478 e. The number of halogens is 1. The van der Waals surface area contributed by atoms with Crippen LogP contribution < -0.4 is 4.74 Å². The highest BCUT2D eigenvalue weighted by atomic mass is 35.5. The van der Waals surface area contributed by atoms with E-state index in [9.17, 15) is 4.79 Å². The monoisotopic (exact) mass is 305 g/mol. The van der Waals surface area contributed by atoms with Gasteiger partial charge < -0.3 is 9.84 Å². The first-order valence-electron chi connectivity index (χ1n) is 6.44. The van der Waals surface area contributed by atoms with E-state index in [1.165, 1.54) is 18.2 Å². The molecule has 1 heterocycles. The Bertz CT molecular complexity index is 660. The van der Waals surface area contributed by atoms with Gasteiger partial charge in [-0.15, -0.1) is 0 Å². The summed E-state index contributed by atoms with van der Waals surface area (Å²) in [6.45, 7) is 6.31. The highest BCUT2D eigenvalue weighted by Gasteiger charge is 2.14. The van der Waals surface area contributed by atoms with Crippen molar-refractivity contribution in [2.75, 3.05) is 0 Å². The minimum absolute atomic E-state index is 0.0201. The van der Waals surface area contributed by atoms with Crippen LogP contribution in [0.4, 0.5) is 0 Å². The zero-order valence-electron chi connectivity index (χ0n) is 12.1. The van der Waals surface area contributed by atoms with E-state index in [4.69, 9.17) is 21.4 Å². The predicted molar refractivity (Wildman–Crippen MR) is 81.4 cm³/mol. The molecule has 0 saturated heterocycles. The number of pyridine rings is 1. The Hall–Kier alpha value is -2.07. The van der Waals surface area contributed by atoms with Crippen molar-refractivity contribution < 1.29 is 14.6 Å². The van der Waals surface area contributed by atoms with Gasteiger partial charge in [-0.05, 0) is 29.2 Å². The normalized spacial score (nSPS) is 11.2. The van der Waals surface area contributed by atoms with Crippen LogP contribution in [0.25, 0.3) is 0 Å². The van der Waals surface area contributed by atoms with Crippen LogP contribution in [0.2, 0.25) is 5.02 Å². The maximum atomic E-state index is 10.8. The third-order valence-corrected chi connectivity index (χ3v) is 3.29. The molecule has 0 fully saturated rings. The van der Waals surface area contributed by atoms with E-state index in [1.54, 1.807) is 12.3 Å². The molecule has 0 atom stereocenters. The van der Waals surface area contributed by atoms with E-state index < -0.39 is 5.97 Å². The number of rotatable bonds is 3. The van der Waals surface area contributed by atoms with Crippen molar-refractivity contribution in [2.24, 2.45) is 0 Å². The van der Waals surface area contributed by atoms with Gasteiger partial charge in [0, 0.05) is 12.3 Å². The SMILES string of the molecule is CC(C)(C)c1ccc(Oc2ccc(C(=O)O)cc2Cl)nc1. The molecule has 0 saturated carbocycles. The van der Waals surface area contributed by atoms with Crippen LogP contribution in [0.1, 0.15) is 36.7 Å². The van der Waals surface area contributed by atoms with E-state index >= 15 is 0 Å². The Balaban J connectivity index is 2.20. The third-order valence-electron chi connectivity index (χ3n) is 3.00. The molecule has 0 spiro atoms. The summed E-state index contributed by atoms with van der Waals surface area (Å²) in [5, 5.41) is 9.12. The molecule has 1 aromatic heterocycles. The molecule has 1 N–H and O–H groups in total. The highest BCUT2D eigenvalue weighted by Crippen LogP contribution is 2.30. The van der Waals surface area contributed by atoms with Crippen molar-refractivity contribution in [1.29, 1.82) is 0 Å². The quantitative estimate of drug-likeness (QED) is 0.905. The maximum Gasteiger partial charge on any atom is 0.335 e. The van der Waals surface area contributed by atoms with Crippen LogP contribution in [-0.4, -0.2) is 16.1 Å². The number of aromatic carboxylic acids is 1. The summed E-state index contributed by atoms with van der Waals surface area (Å²) < 4.78 is 5.58. The lowest BCUT2D eigenvalue weighted by Gasteiger charge is -2.18. The lowest BCUT2D eigenvalue weighted by Crippen LogP contribution is -2.11. The first-order valence-corrected chi connectivity index (χ1v) is 6.82. The Morgan fingerprint density at radius 3 is 2.43 bits per heavy atom. The van der Waals surface area contributed by atoms with Gasteiger partial charge in [0.15, 0.2) is 0 Å². The second-order valence-electron chi connectivity index (χ2n) is 5.69. The molecule has 0 unspecified atom stereocenters. The van der Waals surface area contributed by atoms with Gasteiger partial charge in [0.25, 0.3) is 0 Å². The fourth-order valence-electron chi connectivity index (χ4n) is 1.71. The van der Waals surface area contributed by atoms with Crippen LogP contribution in [0.15, 0.2) is 36.5 Å². The predicted octanol–water partition coefficient (Wildman–Crippen LogP) is 4.52. The van der Waals surface area contributed by atoms with Gasteiger partial charge in [0.05, 0.1) is 10.6 Å². The fraction of sp³-hybridized carbons (Fsp3) is 0.250. The Morgan fingerprint density at radius 1 is 1.24 bits per heavy atom. The first-order chi connectivity index (χ1) is 9.77. The summed E-state index contributed by atoms with van der Waals surface area (Å²) in [6.07, 6.45) is 1.76. The van der Waals surface area contributed by atoms with Gasteiger partial charge in [0.1, 0.15) is 5.75 Å². The smallest absolute Gasteiger partial charge is 0.335 e. The summed E-state index contributed by atoms with van der Waals surface area (Å²) >= 11 is 6.01. The second kappa shape index (κ2) is 5.74. The van der Waals surface area contributed by atoms with Crippen LogP contribution in [0.5, 0.6) is 11.6 Å². The average molecular weight is 306 g/mol. The lowest BCUT2D eigenvalue weighted by atomic mass is 9.88. The van der Waals surface area contributed by atoms with Crippen molar-refractivity contribution in [3.05, 3.63) is 52.7 Å². The Morgan fingerprint density at radius 2 is 1.95 bits per heavy atom. The number of hydrogen-bond donors (Lipinski definition) is 1. The number of benzene rings is 1. The second-order valence-corrected chi connectivity index (χ2v) is 6.09. The van der Waals surface area contributed by atoms with Gasteiger partial charge in [0.2, 0.25) is 5.88 Å². The van der Waals surface area contributed by atoms with E-state index in [0.29, 0.717) is 11.6 Å². The molecule has 5 heteroatoms. The van der Waals surface area contributed by atoms with E-state index in [2.05, 4.69) is 25.8 Å². The van der Waals surface area contributed by atoms with E-state index in [1.807, 2.05) is 6.07 Å². The standard InChI is InChI=1S/C16H16ClNO3/c1-16(2,3)11-5-7-14(18-9-11)21-13-6-4-10(15(19)20)8-12(13)17/h4-9H,1-3H3,(H,19,20). The molecule has 0 aliphatic heterocycles. The first kappa shape index (κ1) is 15.3. The number of carboxylic acids is 1. The molecular formula is C16H16ClNO3. The highest BCUT2D eigenvalue weighted by molar-refractivity contribution is 6.32. The molecular weight excluding hydrogens is 290 g/mol. The molecule has 2 aromatic rings. The molecule has 0 amide bonds. The maximum absolute atomic E-state index is 10.8. The molecule has 0 aliphatic rings. The molecule has 110 valence electrons. The van der Waals surface area contributed by atoms with Crippen LogP contribution >= 0.6 is 11.6 Å². The van der Waals surface area contributed by atoms with Crippen molar-refractivity contribution in [3.63, 3.8) is 0 Å².